The molecule has 1 amide bonds. The number of ketones is 1. The van der Waals surface area contributed by atoms with Crippen molar-refractivity contribution in [3.8, 4) is 11.5 Å². The van der Waals surface area contributed by atoms with Gasteiger partial charge in [0.2, 0.25) is 5.91 Å². The number of halogens is 1. The molecule has 2 aromatic carbocycles. The number of ether oxygens (including phenoxy) is 2. The van der Waals surface area contributed by atoms with Gasteiger partial charge in [-0.05, 0) is 41.7 Å². The minimum absolute atomic E-state index is 0.00643. The smallest absolute Gasteiger partial charge is 0.269 e. The lowest BCUT2D eigenvalue weighted by molar-refractivity contribution is -0.384. The van der Waals surface area contributed by atoms with Crippen molar-refractivity contribution in [2.75, 3.05) is 14.2 Å². The molecule has 1 aliphatic carbocycles. The van der Waals surface area contributed by atoms with E-state index in [-0.39, 0.29) is 41.2 Å². The van der Waals surface area contributed by atoms with Crippen molar-refractivity contribution in [3.05, 3.63) is 73.9 Å². The fourth-order valence-electron chi connectivity index (χ4n) is 4.48. The molecule has 1 N–H and O–H groups in total. The van der Waals surface area contributed by atoms with E-state index in [0.717, 1.165) is 5.56 Å². The van der Waals surface area contributed by atoms with Gasteiger partial charge in [-0.1, -0.05) is 17.7 Å². The summed E-state index contributed by atoms with van der Waals surface area (Å²) in [5, 5.41) is 14.4. The van der Waals surface area contributed by atoms with Crippen molar-refractivity contribution in [2.45, 2.75) is 31.1 Å². The maximum atomic E-state index is 13.3. The lowest BCUT2D eigenvalue weighted by Crippen LogP contribution is -2.38. The number of hydrogen-bond acceptors (Lipinski definition) is 6. The predicted molar refractivity (Wildman–Crippen MR) is 117 cm³/mol. The maximum Gasteiger partial charge on any atom is 0.269 e. The van der Waals surface area contributed by atoms with E-state index in [4.69, 9.17) is 21.1 Å². The fourth-order valence-corrected chi connectivity index (χ4v) is 4.73. The number of benzene rings is 2. The van der Waals surface area contributed by atoms with Crippen molar-refractivity contribution in [2.24, 2.45) is 0 Å². The maximum absolute atomic E-state index is 13.3. The molecule has 1 heterocycles. The van der Waals surface area contributed by atoms with E-state index in [0.29, 0.717) is 34.8 Å². The number of carbonyl (C=O) groups is 2. The zero-order valence-electron chi connectivity index (χ0n) is 17.5. The van der Waals surface area contributed by atoms with Crippen LogP contribution in [-0.4, -0.2) is 30.8 Å². The highest BCUT2D eigenvalue weighted by Crippen LogP contribution is 2.45. The van der Waals surface area contributed by atoms with Crippen LogP contribution in [0.1, 0.15) is 42.2 Å². The van der Waals surface area contributed by atoms with Crippen LogP contribution in [0.3, 0.4) is 0 Å². The molecular formula is C23H21ClN2O6. The van der Waals surface area contributed by atoms with Crippen LogP contribution in [0.5, 0.6) is 11.5 Å². The second-order valence-electron chi connectivity index (χ2n) is 7.80. The van der Waals surface area contributed by atoms with Gasteiger partial charge in [0.1, 0.15) is 0 Å². The van der Waals surface area contributed by atoms with Crippen LogP contribution < -0.4 is 14.8 Å². The topological polar surface area (TPSA) is 108 Å². The Bertz CT molecular complexity index is 1160. The Morgan fingerprint density at radius 1 is 1.03 bits per heavy atom. The first-order valence-electron chi connectivity index (χ1n) is 10.0. The molecule has 0 saturated carbocycles. The number of carbonyl (C=O) groups excluding carboxylic acids is 2. The molecule has 2 aliphatic rings. The quantitative estimate of drug-likeness (QED) is 0.531. The molecule has 0 radical (unpaired) electrons. The molecule has 0 bridgehead atoms. The van der Waals surface area contributed by atoms with Gasteiger partial charge in [0.25, 0.3) is 5.69 Å². The molecule has 1 aliphatic heterocycles. The van der Waals surface area contributed by atoms with E-state index < -0.39 is 10.8 Å². The first-order chi connectivity index (χ1) is 15.3. The van der Waals surface area contributed by atoms with Crippen molar-refractivity contribution in [3.63, 3.8) is 0 Å². The van der Waals surface area contributed by atoms with Gasteiger partial charge >= 0.3 is 0 Å². The largest absolute Gasteiger partial charge is 0.493 e. The normalized spacial score (nSPS) is 20.5. The number of methoxy groups -OCH3 is 2. The Hall–Kier alpha value is -3.39. The number of nitrogens with zero attached hydrogens (tertiary/aromatic N) is 1. The lowest BCUT2D eigenvalue weighted by Gasteiger charge is -2.34. The van der Waals surface area contributed by atoms with Crippen LogP contribution in [0.25, 0.3) is 0 Å². The molecule has 2 aromatic rings. The Balaban J connectivity index is 1.73. The van der Waals surface area contributed by atoms with Gasteiger partial charge in [-0.25, -0.2) is 0 Å². The SMILES string of the molecule is COc1ccc(C2CC(=O)C3=C(C2)NC(=O)CC3c2cc([N+](=O)[O-])ccc2Cl)cc1OC. The van der Waals surface area contributed by atoms with Gasteiger partial charge in [-0.2, -0.15) is 0 Å². The summed E-state index contributed by atoms with van der Waals surface area (Å²) in [6.07, 6.45) is 0.699. The summed E-state index contributed by atoms with van der Waals surface area (Å²) in [7, 11) is 3.10. The van der Waals surface area contributed by atoms with E-state index >= 15 is 0 Å². The molecule has 0 saturated heterocycles. The standard InChI is InChI=1S/C23H21ClN2O6/c1-31-20-6-3-12(9-21(20)32-2)13-7-18-23(19(27)8-13)16(11-22(28)25-18)15-10-14(26(29)30)4-5-17(15)24/h3-6,9-10,13,16H,7-8,11H2,1-2H3,(H,25,28). The number of nitrogens with one attached hydrogen (secondary N) is 1. The Labute approximate surface area is 189 Å². The number of nitro benzene ring substituents is 1. The van der Waals surface area contributed by atoms with Crippen LogP contribution in [0.15, 0.2) is 47.7 Å². The number of Topliss-reactive ketones (excluding diaryl/α,β-unsaturated/α-hetero) is 1. The van der Waals surface area contributed by atoms with Crippen molar-refractivity contribution >= 4 is 29.0 Å². The summed E-state index contributed by atoms with van der Waals surface area (Å²) in [5.74, 6) is 0.0113. The second kappa shape index (κ2) is 8.63. The Morgan fingerprint density at radius 2 is 1.78 bits per heavy atom. The first kappa shape index (κ1) is 21.8. The number of hydrogen-bond donors (Lipinski definition) is 1. The predicted octanol–water partition coefficient (Wildman–Crippen LogP) is 4.27. The molecule has 166 valence electrons. The number of rotatable bonds is 5. The molecule has 2 unspecified atom stereocenters. The van der Waals surface area contributed by atoms with E-state index in [9.17, 15) is 19.7 Å². The van der Waals surface area contributed by atoms with Crippen molar-refractivity contribution in [1.29, 1.82) is 0 Å². The third-order valence-corrected chi connectivity index (χ3v) is 6.33. The number of non-ortho nitro benzene ring substituents is 1. The molecule has 2 atom stereocenters. The van der Waals surface area contributed by atoms with E-state index in [1.807, 2.05) is 12.1 Å². The van der Waals surface area contributed by atoms with Gasteiger partial charge in [0.05, 0.1) is 19.1 Å². The molecule has 0 spiro atoms. The van der Waals surface area contributed by atoms with Crippen LogP contribution >= 0.6 is 11.6 Å². The van der Waals surface area contributed by atoms with Crippen LogP contribution in [0.2, 0.25) is 5.02 Å². The highest BCUT2D eigenvalue weighted by Gasteiger charge is 2.39. The molecule has 32 heavy (non-hydrogen) atoms. The van der Waals surface area contributed by atoms with Gasteiger partial charge in [-0.3, -0.25) is 19.7 Å². The van der Waals surface area contributed by atoms with Gasteiger partial charge in [0.15, 0.2) is 17.3 Å². The van der Waals surface area contributed by atoms with E-state index in [1.54, 1.807) is 20.3 Å². The van der Waals surface area contributed by atoms with Crippen molar-refractivity contribution < 1.29 is 24.0 Å². The first-order valence-corrected chi connectivity index (χ1v) is 10.4. The zero-order chi connectivity index (χ0) is 23.0. The zero-order valence-corrected chi connectivity index (χ0v) is 18.3. The van der Waals surface area contributed by atoms with Gasteiger partial charge in [-0.15, -0.1) is 0 Å². The Morgan fingerprint density at radius 3 is 2.47 bits per heavy atom. The minimum atomic E-state index is -0.620. The summed E-state index contributed by atoms with van der Waals surface area (Å²) in [6, 6.07) is 9.59. The van der Waals surface area contributed by atoms with Crippen molar-refractivity contribution in [1.82, 2.24) is 5.32 Å². The average molecular weight is 457 g/mol. The monoisotopic (exact) mass is 456 g/mol. The van der Waals surface area contributed by atoms with Crippen LogP contribution in [0.4, 0.5) is 5.69 Å². The lowest BCUT2D eigenvalue weighted by atomic mass is 9.73. The third kappa shape index (κ3) is 3.93. The number of nitro groups is 1. The summed E-state index contributed by atoms with van der Waals surface area (Å²) in [5.41, 5.74) is 2.20. The highest BCUT2D eigenvalue weighted by atomic mass is 35.5. The van der Waals surface area contributed by atoms with Crippen LogP contribution in [0, 0.1) is 10.1 Å². The number of amides is 1. The number of allylic oxidation sites excluding steroid dienone is 2. The average Bonchev–Trinajstić information content (AvgIpc) is 2.77. The van der Waals surface area contributed by atoms with E-state index in [1.165, 1.54) is 18.2 Å². The second-order valence-corrected chi connectivity index (χ2v) is 8.21. The van der Waals surface area contributed by atoms with E-state index in [2.05, 4.69) is 5.32 Å². The summed E-state index contributed by atoms with van der Waals surface area (Å²) in [6.45, 7) is 0. The fraction of sp³-hybridized carbons (Fsp3) is 0.304. The molecule has 4 rings (SSSR count). The summed E-state index contributed by atoms with van der Waals surface area (Å²) >= 11 is 6.33. The highest BCUT2D eigenvalue weighted by molar-refractivity contribution is 6.31. The Kier molecular flexibility index (Phi) is 5.88. The molecular weight excluding hydrogens is 436 g/mol. The van der Waals surface area contributed by atoms with Gasteiger partial charge < -0.3 is 14.8 Å². The van der Waals surface area contributed by atoms with Crippen LogP contribution in [-0.2, 0) is 9.59 Å². The van der Waals surface area contributed by atoms with Gasteiger partial charge in [0, 0.05) is 47.2 Å². The summed E-state index contributed by atoms with van der Waals surface area (Å²) < 4.78 is 10.7. The molecule has 0 aromatic heterocycles. The molecule has 9 heteroatoms. The summed E-state index contributed by atoms with van der Waals surface area (Å²) in [4.78, 5) is 36.5. The third-order valence-electron chi connectivity index (χ3n) is 5.98. The molecule has 8 nitrogen and oxygen atoms in total. The molecule has 0 fully saturated rings. The minimum Gasteiger partial charge on any atom is -0.493 e.